The molecule has 7 rings (SSSR count). The van der Waals surface area contributed by atoms with Gasteiger partial charge in [-0.05, 0) is 65.4 Å². The van der Waals surface area contributed by atoms with Crippen LogP contribution in [-0.4, -0.2) is 44.9 Å². The fourth-order valence-electron chi connectivity index (χ4n) is 6.84. The smallest absolute Gasteiger partial charge is 0.407 e. The second kappa shape index (κ2) is 13.0. The van der Waals surface area contributed by atoms with Crippen molar-refractivity contribution < 1.29 is 19.1 Å². The lowest BCUT2D eigenvalue weighted by Gasteiger charge is -2.37. The summed E-state index contributed by atoms with van der Waals surface area (Å²) >= 11 is 6.29. The standard InChI is InChI=1S/C39H32ClFN4O3/c40-31-19-20-34(41)32(24-31)26-18-21-35-33(23-26)36(42-37(46)27-11-10-22-44(25-27)38(47)48)43-45(35)39(28-12-4-1-5-13-28,29-14-6-2-7-15-29)30-16-8-3-9-17-30/h1-9,12-21,23-24,27H,10-11,22,25H2,(H,47,48)(H,42,43,46)/t27-/m1/s1. The average Bonchev–Trinajstić information content (AvgIpc) is 3.48. The zero-order valence-corrected chi connectivity index (χ0v) is 26.6. The third-order valence-corrected chi connectivity index (χ3v) is 9.35. The Kier molecular flexibility index (Phi) is 8.41. The number of carbonyl (C=O) groups excluding carboxylic acids is 1. The minimum Gasteiger partial charge on any atom is -0.465 e. The minimum atomic E-state index is -1.05. The van der Waals surface area contributed by atoms with Crippen LogP contribution in [0.2, 0.25) is 5.02 Å². The Morgan fingerprint density at radius 3 is 2.02 bits per heavy atom. The summed E-state index contributed by atoms with van der Waals surface area (Å²) in [6.07, 6.45) is 0.0836. The Bertz CT molecular complexity index is 2010. The van der Waals surface area contributed by atoms with Gasteiger partial charge in [0.25, 0.3) is 0 Å². The lowest BCUT2D eigenvalue weighted by molar-refractivity contribution is -0.121. The second-order valence-electron chi connectivity index (χ2n) is 12.0. The van der Waals surface area contributed by atoms with Crippen LogP contribution in [0.1, 0.15) is 29.5 Å². The molecule has 1 fully saturated rings. The van der Waals surface area contributed by atoms with Gasteiger partial charge in [-0.15, -0.1) is 0 Å². The molecule has 1 aliphatic heterocycles. The molecule has 0 bridgehead atoms. The fraction of sp³-hybridized carbons (Fsp3) is 0.154. The molecule has 0 saturated carbocycles. The van der Waals surface area contributed by atoms with E-state index < -0.39 is 23.4 Å². The van der Waals surface area contributed by atoms with Crippen molar-refractivity contribution >= 4 is 40.3 Å². The van der Waals surface area contributed by atoms with Gasteiger partial charge in [0.15, 0.2) is 5.82 Å². The van der Waals surface area contributed by atoms with Crippen LogP contribution in [0.5, 0.6) is 0 Å². The normalized spacial score (nSPS) is 15.0. The van der Waals surface area contributed by atoms with Crippen LogP contribution in [0.25, 0.3) is 22.0 Å². The van der Waals surface area contributed by atoms with E-state index in [9.17, 15) is 14.7 Å². The molecule has 2 N–H and O–H groups in total. The van der Waals surface area contributed by atoms with Crippen molar-refractivity contribution in [1.82, 2.24) is 14.7 Å². The number of nitrogens with zero attached hydrogens (tertiary/aromatic N) is 3. The Morgan fingerprint density at radius 1 is 0.833 bits per heavy atom. The van der Waals surface area contributed by atoms with E-state index in [1.165, 1.54) is 17.0 Å². The maximum Gasteiger partial charge on any atom is 0.407 e. The van der Waals surface area contributed by atoms with Crippen molar-refractivity contribution in [3.63, 3.8) is 0 Å². The summed E-state index contributed by atoms with van der Waals surface area (Å²) in [5, 5.41) is 18.8. The van der Waals surface area contributed by atoms with Crippen LogP contribution in [0.15, 0.2) is 127 Å². The van der Waals surface area contributed by atoms with Crippen molar-refractivity contribution in [3.8, 4) is 11.1 Å². The van der Waals surface area contributed by atoms with Crippen molar-refractivity contribution in [2.45, 2.75) is 18.4 Å². The van der Waals surface area contributed by atoms with Gasteiger partial charge in [-0.25, -0.2) is 13.9 Å². The van der Waals surface area contributed by atoms with E-state index in [2.05, 4.69) is 41.7 Å². The highest BCUT2D eigenvalue weighted by Crippen LogP contribution is 2.44. The van der Waals surface area contributed by atoms with Gasteiger partial charge >= 0.3 is 6.09 Å². The van der Waals surface area contributed by atoms with Gasteiger partial charge in [-0.1, -0.05) is 109 Å². The number of amides is 2. The van der Waals surface area contributed by atoms with Gasteiger partial charge in [0, 0.05) is 29.1 Å². The zero-order valence-electron chi connectivity index (χ0n) is 25.9. The monoisotopic (exact) mass is 658 g/mol. The van der Waals surface area contributed by atoms with E-state index in [4.69, 9.17) is 16.7 Å². The van der Waals surface area contributed by atoms with E-state index in [1.807, 2.05) is 77.5 Å². The molecule has 2 amide bonds. The van der Waals surface area contributed by atoms with Crippen LogP contribution in [-0.2, 0) is 10.3 Å². The number of benzene rings is 5. The van der Waals surface area contributed by atoms with Crippen LogP contribution >= 0.6 is 11.6 Å². The maximum atomic E-state index is 15.2. The molecule has 5 aromatic carbocycles. The molecule has 1 aliphatic rings. The summed E-state index contributed by atoms with van der Waals surface area (Å²) in [7, 11) is 0. The number of fused-ring (bicyclic) bond motifs is 1. The Labute approximate surface area is 282 Å². The molecule has 0 radical (unpaired) electrons. The molecule has 240 valence electrons. The first-order valence-electron chi connectivity index (χ1n) is 15.8. The van der Waals surface area contributed by atoms with E-state index in [0.717, 1.165) is 16.7 Å². The molecule has 48 heavy (non-hydrogen) atoms. The van der Waals surface area contributed by atoms with Gasteiger partial charge < -0.3 is 15.3 Å². The number of hydrogen-bond donors (Lipinski definition) is 2. The van der Waals surface area contributed by atoms with Crippen molar-refractivity contribution in [3.05, 3.63) is 155 Å². The molecule has 1 aromatic heterocycles. The quantitative estimate of drug-likeness (QED) is 0.168. The summed E-state index contributed by atoms with van der Waals surface area (Å²) in [5.41, 5.74) is 3.43. The van der Waals surface area contributed by atoms with Crippen LogP contribution in [0, 0.1) is 11.7 Å². The largest absolute Gasteiger partial charge is 0.465 e. The number of likely N-dealkylation sites (tertiary alicyclic amines) is 1. The number of carboxylic acid groups (broad SMARTS) is 1. The highest BCUT2D eigenvalue weighted by molar-refractivity contribution is 6.30. The molecule has 2 heterocycles. The summed E-state index contributed by atoms with van der Waals surface area (Å²) < 4.78 is 17.1. The average molecular weight is 659 g/mol. The lowest BCUT2D eigenvalue weighted by atomic mass is 9.77. The van der Waals surface area contributed by atoms with E-state index in [-0.39, 0.29) is 12.5 Å². The van der Waals surface area contributed by atoms with Gasteiger partial charge in [0.05, 0.1) is 11.4 Å². The van der Waals surface area contributed by atoms with E-state index >= 15 is 4.39 Å². The number of aromatic nitrogens is 2. The zero-order chi connectivity index (χ0) is 33.3. The highest BCUT2D eigenvalue weighted by atomic mass is 35.5. The Morgan fingerprint density at radius 2 is 1.44 bits per heavy atom. The van der Waals surface area contributed by atoms with Gasteiger partial charge in [0.1, 0.15) is 11.4 Å². The number of hydrogen-bond acceptors (Lipinski definition) is 3. The fourth-order valence-corrected chi connectivity index (χ4v) is 7.01. The molecule has 7 nitrogen and oxygen atoms in total. The first-order chi connectivity index (χ1) is 23.4. The van der Waals surface area contributed by atoms with Crippen molar-refractivity contribution in [2.24, 2.45) is 5.92 Å². The highest BCUT2D eigenvalue weighted by Gasteiger charge is 2.41. The van der Waals surface area contributed by atoms with Crippen molar-refractivity contribution in [2.75, 3.05) is 18.4 Å². The Balaban J connectivity index is 1.49. The van der Waals surface area contributed by atoms with Crippen LogP contribution in [0.3, 0.4) is 0 Å². The first kappa shape index (κ1) is 31.1. The molecule has 0 aliphatic carbocycles. The number of rotatable bonds is 7. The predicted octanol–water partition coefficient (Wildman–Crippen LogP) is 8.66. The summed E-state index contributed by atoms with van der Waals surface area (Å²) in [5.74, 6) is -1.01. The van der Waals surface area contributed by atoms with Crippen LogP contribution in [0.4, 0.5) is 15.0 Å². The lowest BCUT2D eigenvalue weighted by Crippen LogP contribution is -2.43. The van der Waals surface area contributed by atoms with Crippen LogP contribution < -0.4 is 5.32 Å². The second-order valence-corrected chi connectivity index (χ2v) is 12.4. The summed E-state index contributed by atoms with van der Waals surface area (Å²) in [4.78, 5) is 26.9. The number of piperidine rings is 1. The first-order valence-corrected chi connectivity index (χ1v) is 16.2. The maximum absolute atomic E-state index is 15.2. The third-order valence-electron chi connectivity index (χ3n) is 9.12. The van der Waals surface area contributed by atoms with Crippen molar-refractivity contribution in [1.29, 1.82) is 0 Å². The van der Waals surface area contributed by atoms with Gasteiger partial charge in [-0.3, -0.25) is 4.79 Å². The molecule has 6 aromatic rings. The number of nitrogens with one attached hydrogen (secondary N) is 1. The molecule has 0 unspecified atom stereocenters. The predicted molar refractivity (Wildman–Crippen MR) is 186 cm³/mol. The minimum absolute atomic E-state index is 0.0980. The topological polar surface area (TPSA) is 87.5 Å². The summed E-state index contributed by atoms with van der Waals surface area (Å²) in [6.45, 7) is 0.486. The molecule has 1 atom stereocenters. The third kappa shape index (κ3) is 5.58. The molecular weight excluding hydrogens is 627 g/mol. The molecule has 0 spiro atoms. The molecule has 9 heteroatoms. The van der Waals surface area contributed by atoms with Gasteiger partial charge in [-0.2, -0.15) is 5.10 Å². The number of anilines is 1. The molecular formula is C39H32ClFN4O3. The number of carbonyl (C=O) groups is 2. The van der Waals surface area contributed by atoms with Gasteiger partial charge in [0.2, 0.25) is 5.91 Å². The molecule has 1 saturated heterocycles. The SMILES string of the molecule is O=C(Nc1nn(C(c2ccccc2)(c2ccccc2)c2ccccc2)c2ccc(-c3cc(Cl)ccc3F)cc12)[C@@H]1CCCN(C(=O)O)C1. The van der Waals surface area contributed by atoms with E-state index in [0.29, 0.717) is 52.3 Å². The van der Waals surface area contributed by atoms with E-state index in [1.54, 1.807) is 6.07 Å². The number of halogens is 2. The summed E-state index contributed by atoms with van der Waals surface area (Å²) in [6, 6.07) is 40.1. The Hall–Kier alpha value is -5.47.